The van der Waals surface area contributed by atoms with E-state index in [1.54, 1.807) is 0 Å². The van der Waals surface area contributed by atoms with Gasteiger partial charge < -0.3 is 5.32 Å². The van der Waals surface area contributed by atoms with Gasteiger partial charge in [-0.05, 0) is 36.5 Å². The van der Waals surface area contributed by atoms with E-state index in [2.05, 4.69) is 26.1 Å². The molecule has 100 valence electrons. The van der Waals surface area contributed by atoms with Gasteiger partial charge in [-0.25, -0.2) is 0 Å². The van der Waals surface area contributed by atoms with Gasteiger partial charge in [0.25, 0.3) is 5.91 Å². The molecule has 0 aliphatic rings. The molecule has 3 heteroatoms. The van der Waals surface area contributed by atoms with Crippen molar-refractivity contribution in [1.29, 1.82) is 0 Å². The fourth-order valence-electron chi connectivity index (χ4n) is 1.66. The molecular formula is C15H22ClNO. The first-order valence-electron chi connectivity index (χ1n) is 6.32. The maximum Gasteiger partial charge on any atom is 0.251 e. The second-order valence-electron chi connectivity index (χ2n) is 5.68. The molecule has 1 N–H and O–H groups in total. The Morgan fingerprint density at radius 2 is 1.83 bits per heavy atom. The molecule has 0 aliphatic carbocycles. The van der Waals surface area contributed by atoms with E-state index in [4.69, 9.17) is 11.6 Å². The summed E-state index contributed by atoms with van der Waals surface area (Å²) in [6.07, 6.45) is 0.785. The molecule has 2 nitrogen and oxygen atoms in total. The topological polar surface area (TPSA) is 29.1 Å². The quantitative estimate of drug-likeness (QED) is 0.828. The summed E-state index contributed by atoms with van der Waals surface area (Å²) in [5.41, 5.74) is 2.04. The molecule has 1 aromatic carbocycles. The van der Waals surface area contributed by atoms with Crippen LogP contribution >= 0.6 is 11.6 Å². The van der Waals surface area contributed by atoms with Gasteiger partial charge in [-0.1, -0.05) is 32.9 Å². The van der Waals surface area contributed by atoms with E-state index in [-0.39, 0.29) is 17.4 Å². The summed E-state index contributed by atoms with van der Waals surface area (Å²) in [4.78, 5) is 11.9. The minimum absolute atomic E-state index is 0.0342. The standard InChI is InChI=1S/C15H22ClNO/c1-11(9-10-16)17-14(18)12-5-7-13(8-6-12)15(2,3)4/h5-8,11H,9-10H2,1-4H3,(H,17,18). The second-order valence-corrected chi connectivity index (χ2v) is 6.06. The molecule has 1 aromatic rings. The predicted octanol–water partition coefficient (Wildman–Crippen LogP) is 3.73. The van der Waals surface area contributed by atoms with E-state index < -0.39 is 0 Å². The number of benzene rings is 1. The summed E-state index contributed by atoms with van der Waals surface area (Å²) in [5.74, 6) is 0.526. The van der Waals surface area contributed by atoms with E-state index in [9.17, 15) is 4.79 Å². The lowest BCUT2D eigenvalue weighted by atomic mass is 9.86. The molecule has 1 unspecified atom stereocenters. The van der Waals surface area contributed by atoms with Crippen LogP contribution in [-0.4, -0.2) is 17.8 Å². The lowest BCUT2D eigenvalue weighted by Gasteiger charge is -2.19. The third-order valence-electron chi connectivity index (χ3n) is 2.93. The zero-order valence-electron chi connectivity index (χ0n) is 11.6. The monoisotopic (exact) mass is 267 g/mol. The van der Waals surface area contributed by atoms with Gasteiger partial charge in [0.2, 0.25) is 0 Å². The van der Waals surface area contributed by atoms with Crippen LogP contribution in [0.3, 0.4) is 0 Å². The van der Waals surface area contributed by atoms with Crippen LogP contribution in [0, 0.1) is 0 Å². The Bertz CT molecular complexity index is 392. The highest BCUT2D eigenvalue weighted by molar-refractivity contribution is 6.17. The van der Waals surface area contributed by atoms with Gasteiger partial charge >= 0.3 is 0 Å². The summed E-state index contributed by atoms with van der Waals surface area (Å²) in [5, 5.41) is 2.93. The summed E-state index contributed by atoms with van der Waals surface area (Å²) >= 11 is 5.65. The van der Waals surface area contributed by atoms with E-state index in [0.29, 0.717) is 11.4 Å². The maximum absolute atomic E-state index is 11.9. The van der Waals surface area contributed by atoms with Crippen LogP contribution in [0.5, 0.6) is 0 Å². The van der Waals surface area contributed by atoms with Crippen molar-refractivity contribution in [2.75, 3.05) is 5.88 Å². The molecule has 0 aliphatic heterocycles. The SMILES string of the molecule is CC(CCCl)NC(=O)c1ccc(C(C)(C)C)cc1. The summed E-state index contributed by atoms with van der Waals surface area (Å²) in [6, 6.07) is 7.90. The average molecular weight is 268 g/mol. The molecular weight excluding hydrogens is 246 g/mol. The van der Waals surface area contributed by atoms with Crippen LogP contribution < -0.4 is 5.32 Å². The van der Waals surface area contributed by atoms with Gasteiger partial charge in [-0.15, -0.1) is 11.6 Å². The fourth-order valence-corrected chi connectivity index (χ4v) is 1.99. The number of hydrogen-bond donors (Lipinski definition) is 1. The maximum atomic E-state index is 11.9. The van der Waals surface area contributed by atoms with E-state index >= 15 is 0 Å². The van der Waals surface area contributed by atoms with Gasteiger partial charge in [-0.2, -0.15) is 0 Å². The molecule has 1 amide bonds. The molecule has 0 saturated heterocycles. The molecule has 18 heavy (non-hydrogen) atoms. The summed E-state index contributed by atoms with van der Waals surface area (Å²) < 4.78 is 0. The van der Waals surface area contributed by atoms with Crippen molar-refractivity contribution >= 4 is 17.5 Å². The van der Waals surface area contributed by atoms with Crippen molar-refractivity contribution in [2.24, 2.45) is 0 Å². The third-order valence-corrected chi connectivity index (χ3v) is 3.15. The van der Waals surface area contributed by atoms with Gasteiger partial charge in [0.15, 0.2) is 0 Å². The molecule has 0 fully saturated rings. The highest BCUT2D eigenvalue weighted by Gasteiger charge is 2.14. The van der Waals surface area contributed by atoms with Crippen LogP contribution in [0.1, 0.15) is 50.0 Å². The van der Waals surface area contributed by atoms with Crippen molar-refractivity contribution in [2.45, 2.75) is 45.6 Å². The largest absolute Gasteiger partial charge is 0.350 e. The Balaban J connectivity index is 2.71. The van der Waals surface area contributed by atoms with Crippen LogP contribution in [0.4, 0.5) is 0 Å². The molecule has 0 bridgehead atoms. The molecule has 0 saturated carbocycles. The number of halogens is 1. The zero-order chi connectivity index (χ0) is 13.8. The summed E-state index contributed by atoms with van der Waals surface area (Å²) in [6.45, 7) is 8.43. The third kappa shape index (κ3) is 4.34. The van der Waals surface area contributed by atoms with Gasteiger partial charge in [-0.3, -0.25) is 4.79 Å². The fraction of sp³-hybridized carbons (Fsp3) is 0.533. The Kier molecular flexibility index (Phi) is 5.21. The van der Waals surface area contributed by atoms with Gasteiger partial charge in [0, 0.05) is 17.5 Å². The molecule has 0 radical (unpaired) electrons. The second kappa shape index (κ2) is 6.24. The Labute approximate surface area is 115 Å². The van der Waals surface area contributed by atoms with Crippen LogP contribution in [0.2, 0.25) is 0 Å². The Morgan fingerprint density at radius 1 is 1.28 bits per heavy atom. The van der Waals surface area contributed by atoms with Gasteiger partial charge in [0.1, 0.15) is 0 Å². The first-order valence-corrected chi connectivity index (χ1v) is 6.85. The van der Waals surface area contributed by atoms with Crippen molar-refractivity contribution < 1.29 is 4.79 Å². The lowest BCUT2D eigenvalue weighted by Crippen LogP contribution is -2.32. The first-order chi connectivity index (χ1) is 8.34. The number of amides is 1. The number of hydrogen-bond acceptors (Lipinski definition) is 1. The first kappa shape index (κ1) is 15.0. The Hall–Kier alpha value is -1.02. The summed E-state index contributed by atoms with van der Waals surface area (Å²) in [7, 11) is 0. The number of alkyl halides is 1. The minimum atomic E-state index is -0.0342. The molecule has 1 rings (SSSR count). The minimum Gasteiger partial charge on any atom is -0.350 e. The van der Waals surface area contributed by atoms with Crippen molar-refractivity contribution in [3.05, 3.63) is 35.4 Å². The molecule has 0 spiro atoms. The van der Waals surface area contributed by atoms with Crippen LogP contribution in [0.15, 0.2) is 24.3 Å². The van der Waals surface area contributed by atoms with Crippen molar-refractivity contribution in [3.8, 4) is 0 Å². The van der Waals surface area contributed by atoms with Gasteiger partial charge in [0.05, 0.1) is 0 Å². The number of carbonyl (C=O) groups excluding carboxylic acids is 1. The van der Waals surface area contributed by atoms with E-state index in [0.717, 1.165) is 6.42 Å². The highest BCUT2D eigenvalue weighted by Crippen LogP contribution is 2.22. The number of carbonyl (C=O) groups is 1. The molecule has 1 atom stereocenters. The lowest BCUT2D eigenvalue weighted by molar-refractivity contribution is 0.0939. The average Bonchev–Trinajstić information content (AvgIpc) is 2.28. The van der Waals surface area contributed by atoms with E-state index in [1.807, 2.05) is 31.2 Å². The molecule has 0 aromatic heterocycles. The normalized spacial score (nSPS) is 13.2. The van der Waals surface area contributed by atoms with Crippen LogP contribution in [0.25, 0.3) is 0 Å². The smallest absolute Gasteiger partial charge is 0.251 e. The number of rotatable bonds is 4. The van der Waals surface area contributed by atoms with Crippen molar-refractivity contribution in [3.63, 3.8) is 0 Å². The number of nitrogens with one attached hydrogen (secondary N) is 1. The van der Waals surface area contributed by atoms with Crippen LogP contribution in [-0.2, 0) is 5.41 Å². The van der Waals surface area contributed by atoms with E-state index in [1.165, 1.54) is 5.56 Å². The predicted molar refractivity (Wildman–Crippen MR) is 77.4 cm³/mol. The Morgan fingerprint density at radius 3 is 2.28 bits per heavy atom. The zero-order valence-corrected chi connectivity index (χ0v) is 12.3. The highest BCUT2D eigenvalue weighted by atomic mass is 35.5. The molecule has 0 heterocycles. The van der Waals surface area contributed by atoms with Crippen molar-refractivity contribution in [1.82, 2.24) is 5.32 Å².